The number of piperidine rings is 2. The first kappa shape index (κ1) is 22.2. The first-order valence-electron chi connectivity index (χ1n) is 11.0. The number of carbonyl (C=O) groups excluding carboxylic acids is 1. The van der Waals surface area contributed by atoms with Crippen molar-refractivity contribution in [2.24, 2.45) is 5.92 Å². The third-order valence-electron chi connectivity index (χ3n) is 6.48. The second-order valence-electron chi connectivity index (χ2n) is 8.63. The number of aryl methyl sites for hydroxylation is 1. The van der Waals surface area contributed by atoms with E-state index in [0.717, 1.165) is 31.5 Å². The van der Waals surface area contributed by atoms with E-state index in [1.807, 2.05) is 4.90 Å². The first-order chi connectivity index (χ1) is 16.3. The fraction of sp³-hybridized carbons (Fsp3) is 0.375. The summed E-state index contributed by atoms with van der Waals surface area (Å²) in [5, 5.41) is 0. The number of halogens is 3. The summed E-state index contributed by atoms with van der Waals surface area (Å²) in [6.45, 7) is 2.37. The fourth-order valence-corrected chi connectivity index (χ4v) is 4.87. The van der Waals surface area contributed by atoms with Gasteiger partial charge in [0.1, 0.15) is 6.10 Å². The smallest absolute Gasteiger partial charge is 0.417 e. The van der Waals surface area contributed by atoms with Crippen molar-refractivity contribution in [3.8, 4) is 17.3 Å². The number of alkyl halides is 3. The van der Waals surface area contributed by atoms with Gasteiger partial charge in [0.05, 0.1) is 22.9 Å². The van der Waals surface area contributed by atoms with E-state index in [1.165, 1.54) is 6.07 Å². The molecule has 0 radical (unpaired) electrons. The Hall–Kier alpha value is -3.56. The third-order valence-corrected chi connectivity index (χ3v) is 6.48. The van der Waals surface area contributed by atoms with Crippen LogP contribution in [0.2, 0.25) is 0 Å². The molecule has 1 saturated carbocycles. The monoisotopic (exact) mass is 469 g/mol. The molecular weight excluding hydrogens is 447 g/mol. The van der Waals surface area contributed by atoms with Gasteiger partial charge in [0, 0.05) is 43.0 Å². The molecule has 10 heteroatoms. The number of ether oxygens (including phenoxy) is 1. The lowest BCUT2D eigenvalue weighted by Gasteiger charge is -2.49. The van der Waals surface area contributed by atoms with Gasteiger partial charge in [-0.05, 0) is 50.3 Å². The molecule has 2 aliphatic heterocycles. The number of rotatable bonds is 4. The molecule has 34 heavy (non-hydrogen) atoms. The third kappa shape index (κ3) is 4.20. The van der Waals surface area contributed by atoms with Crippen molar-refractivity contribution < 1.29 is 22.7 Å². The summed E-state index contributed by atoms with van der Waals surface area (Å²) >= 11 is 0. The van der Waals surface area contributed by atoms with Crippen LogP contribution in [0.1, 0.15) is 40.9 Å². The number of carbonyl (C=O) groups is 1. The topological polar surface area (TPSA) is 81.1 Å². The van der Waals surface area contributed by atoms with Crippen LogP contribution in [0.4, 0.5) is 13.2 Å². The number of amides is 1. The Morgan fingerprint density at radius 1 is 1.06 bits per heavy atom. The van der Waals surface area contributed by atoms with Gasteiger partial charge in [-0.25, -0.2) is 15.0 Å². The minimum Gasteiger partial charge on any atom is -0.472 e. The van der Waals surface area contributed by atoms with Gasteiger partial charge in [0.25, 0.3) is 5.91 Å². The highest BCUT2D eigenvalue weighted by molar-refractivity contribution is 6.01. The number of hydrogen-bond donors (Lipinski definition) is 0. The molecule has 176 valence electrons. The predicted molar refractivity (Wildman–Crippen MR) is 116 cm³/mol. The van der Waals surface area contributed by atoms with Crippen LogP contribution in [0.5, 0.6) is 5.88 Å². The average Bonchev–Trinajstić information content (AvgIpc) is 2.84. The standard InChI is InChI=1S/C24H22F3N5O2/c1-14-21(17(7-10-28-14)22-29-8-2-9-30-22)23(33)32-13-15-3-5-18(32)19(11-15)34-20-6-4-16(12-31-20)24(25,26)27/h2,4,6-10,12,15,18-19H,3,5,11,13H2,1H3/t15-,18+,19-/m1/s1. The molecule has 7 nitrogen and oxygen atoms in total. The molecular formula is C24H22F3N5O2. The van der Waals surface area contributed by atoms with E-state index in [4.69, 9.17) is 4.74 Å². The quantitative estimate of drug-likeness (QED) is 0.566. The predicted octanol–water partition coefficient (Wildman–Crippen LogP) is 4.33. The zero-order chi connectivity index (χ0) is 23.9. The minimum atomic E-state index is -4.46. The number of fused-ring (bicyclic) bond motifs is 3. The molecule has 3 aromatic heterocycles. The maximum Gasteiger partial charge on any atom is 0.417 e. The van der Waals surface area contributed by atoms with Crippen LogP contribution in [-0.2, 0) is 6.18 Å². The van der Waals surface area contributed by atoms with Crippen molar-refractivity contribution in [1.29, 1.82) is 0 Å². The molecule has 1 amide bonds. The molecule has 6 rings (SSSR count). The molecule has 0 N–H and O–H groups in total. The van der Waals surface area contributed by atoms with Crippen molar-refractivity contribution in [1.82, 2.24) is 24.8 Å². The number of aromatic nitrogens is 4. The molecule has 1 aliphatic carbocycles. The molecule has 3 aromatic rings. The summed E-state index contributed by atoms with van der Waals surface area (Å²) in [5.74, 6) is 0.632. The van der Waals surface area contributed by atoms with Gasteiger partial charge in [-0.1, -0.05) is 0 Å². The van der Waals surface area contributed by atoms with Crippen molar-refractivity contribution in [2.75, 3.05) is 6.54 Å². The van der Waals surface area contributed by atoms with E-state index >= 15 is 0 Å². The molecule has 0 unspecified atom stereocenters. The van der Waals surface area contributed by atoms with Crippen LogP contribution in [0, 0.1) is 12.8 Å². The fourth-order valence-electron chi connectivity index (χ4n) is 4.87. The van der Waals surface area contributed by atoms with E-state index in [2.05, 4.69) is 19.9 Å². The maximum absolute atomic E-state index is 13.8. The molecule has 2 bridgehead atoms. The molecule has 0 aromatic carbocycles. The van der Waals surface area contributed by atoms with Crippen molar-refractivity contribution >= 4 is 5.91 Å². The highest BCUT2D eigenvalue weighted by Crippen LogP contribution is 2.39. The van der Waals surface area contributed by atoms with Gasteiger partial charge in [0.2, 0.25) is 5.88 Å². The Labute approximate surface area is 194 Å². The van der Waals surface area contributed by atoms with Crippen LogP contribution < -0.4 is 4.74 Å². The zero-order valence-electron chi connectivity index (χ0n) is 18.4. The summed E-state index contributed by atoms with van der Waals surface area (Å²) in [6, 6.07) is 5.41. The largest absolute Gasteiger partial charge is 0.472 e. The van der Waals surface area contributed by atoms with Gasteiger partial charge in [-0.15, -0.1) is 0 Å². The van der Waals surface area contributed by atoms with Crippen LogP contribution in [0.3, 0.4) is 0 Å². The van der Waals surface area contributed by atoms with Crippen molar-refractivity contribution in [2.45, 2.75) is 44.5 Å². The average molecular weight is 469 g/mol. The highest BCUT2D eigenvalue weighted by Gasteiger charge is 2.45. The van der Waals surface area contributed by atoms with E-state index in [0.29, 0.717) is 29.2 Å². The van der Waals surface area contributed by atoms with E-state index in [-0.39, 0.29) is 29.9 Å². The van der Waals surface area contributed by atoms with Gasteiger partial charge in [-0.2, -0.15) is 13.2 Å². The lowest BCUT2D eigenvalue weighted by Crippen LogP contribution is -2.59. The van der Waals surface area contributed by atoms with E-state index in [1.54, 1.807) is 37.6 Å². The van der Waals surface area contributed by atoms with Crippen molar-refractivity contribution in [3.05, 3.63) is 65.9 Å². The number of nitrogens with zero attached hydrogens (tertiary/aromatic N) is 5. The molecule has 0 spiro atoms. The molecule has 2 saturated heterocycles. The first-order valence-corrected chi connectivity index (χ1v) is 11.0. The van der Waals surface area contributed by atoms with Crippen LogP contribution >= 0.6 is 0 Å². The Morgan fingerprint density at radius 2 is 1.85 bits per heavy atom. The van der Waals surface area contributed by atoms with E-state index < -0.39 is 11.7 Å². The van der Waals surface area contributed by atoms with Crippen molar-refractivity contribution in [3.63, 3.8) is 0 Å². The van der Waals surface area contributed by atoms with Gasteiger partial charge in [0.15, 0.2) is 5.82 Å². The summed E-state index contributed by atoms with van der Waals surface area (Å²) in [4.78, 5) is 32.4. The Morgan fingerprint density at radius 3 is 2.53 bits per heavy atom. The van der Waals surface area contributed by atoms with Gasteiger partial charge in [-0.3, -0.25) is 9.78 Å². The summed E-state index contributed by atoms with van der Waals surface area (Å²) in [5.41, 5.74) is 0.817. The highest BCUT2D eigenvalue weighted by atomic mass is 19.4. The number of hydrogen-bond acceptors (Lipinski definition) is 6. The minimum absolute atomic E-state index is 0.119. The van der Waals surface area contributed by atoms with Crippen LogP contribution in [0.25, 0.3) is 11.4 Å². The van der Waals surface area contributed by atoms with Crippen LogP contribution in [-0.4, -0.2) is 49.4 Å². The zero-order valence-corrected chi connectivity index (χ0v) is 18.4. The second-order valence-corrected chi connectivity index (χ2v) is 8.63. The lowest BCUT2D eigenvalue weighted by molar-refractivity contribution is -0.137. The Balaban J connectivity index is 1.41. The molecule has 3 fully saturated rings. The SMILES string of the molecule is Cc1nccc(-c2ncccn2)c1C(=O)N1C[C@@H]2CC[C@H]1[C@H](Oc1ccc(C(F)(F)F)cn1)C2. The van der Waals surface area contributed by atoms with E-state index in [9.17, 15) is 18.0 Å². The Kier molecular flexibility index (Phi) is 5.66. The summed E-state index contributed by atoms with van der Waals surface area (Å²) in [6.07, 6.45) is 3.26. The molecule has 3 aliphatic rings. The normalized spacial score (nSPS) is 22.0. The van der Waals surface area contributed by atoms with Crippen LogP contribution in [0.15, 0.2) is 49.1 Å². The lowest BCUT2D eigenvalue weighted by atomic mass is 9.77. The number of pyridine rings is 2. The molecule has 5 heterocycles. The summed E-state index contributed by atoms with van der Waals surface area (Å²) < 4.78 is 44.6. The van der Waals surface area contributed by atoms with Gasteiger partial charge >= 0.3 is 6.18 Å². The molecule has 3 atom stereocenters. The summed E-state index contributed by atoms with van der Waals surface area (Å²) in [7, 11) is 0. The maximum atomic E-state index is 13.8. The Bertz CT molecular complexity index is 1190. The van der Waals surface area contributed by atoms with Gasteiger partial charge < -0.3 is 9.64 Å². The second kappa shape index (κ2) is 8.66.